The van der Waals surface area contributed by atoms with Crippen LogP contribution in [0.1, 0.15) is 0 Å². The Kier molecular flexibility index (Phi) is 4.39. The van der Waals surface area contributed by atoms with E-state index in [9.17, 15) is 0 Å². The molecule has 0 N–H and O–H groups in total. The molecule has 0 saturated carbocycles. The summed E-state index contributed by atoms with van der Waals surface area (Å²) in [5.41, 5.74) is 0. The lowest BCUT2D eigenvalue weighted by molar-refractivity contribution is 1.35. The van der Waals surface area contributed by atoms with Gasteiger partial charge < -0.3 is 0 Å². The van der Waals surface area contributed by atoms with Gasteiger partial charge in [0.2, 0.25) is 0 Å². The molecule has 3 rings (SSSR count). The summed E-state index contributed by atoms with van der Waals surface area (Å²) in [6.07, 6.45) is 4.36. The van der Waals surface area contributed by atoms with Gasteiger partial charge in [-0.2, -0.15) is 0 Å². The third-order valence-electron chi connectivity index (χ3n) is 2.72. The first-order valence-electron chi connectivity index (χ1n) is 5.67. The average Bonchev–Trinajstić information content (AvgIpc) is 3.16. The zero-order valence-electron chi connectivity index (χ0n) is 10.5. The Morgan fingerprint density at radius 2 is 1.26 bits per heavy atom. The molecule has 0 spiro atoms. The summed E-state index contributed by atoms with van der Waals surface area (Å²) in [6, 6.07) is 8.71. The molecule has 0 aliphatic rings. The summed E-state index contributed by atoms with van der Waals surface area (Å²) >= 11 is 9.31. The van der Waals surface area contributed by atoms with Crippen LogP contribution in [0.2, 0.25) is 0 Å². The SMILES string of the molecule is CSc1c(-c2cccs2)sc(-c2cccs2)c1SC. The number of rotatable bonds is 4. The minimum absolute atomic E-state index is 1.38. The second kappa shape index (κ2) is 6.06. The van der Waals surface area contributed by atoms with E-state index >= 15 is 0 Å². The molecule has 0 bridgehead atoms. The van der Waals surface area contributed by atoms with Crippen molar-refractivity contribution in [3.63, 3.8) is 0 Å². The maximum Gasteiger partial charge on any atom is 0.0597 e. The molecule has 3 aromatic heterocycles. The molecule has 0 amide bonds. The first-order chi connectivity index (χ1) is 9.35. The van der Waals surface area contributed by atoms with Crippen molar-refractivity contribution < 1.29 is 0 Å². The smallest absolute Gasteiger partial charge is 0.0597 e. The van der Waals surface area contributed by atoms with E-state index in [1.165, 1.54) is 29.3 Å². The fourth-order valence-electron chi connectivity index (χ4n) is 1.91. The molecule has 3 aromatic rings. The lowest BCUT2D eigenvalue weighted by Crippen LogP contribution is -1.74. The van der Waals surface area contributed by atoms with E-state index in [0.717, 1.165) is 0 Å². The van der Waals surface area contributed by atoms with Gasteiger partial charge in [0.15, 0.2) is 0 Å². The third-order valence-corrected chi connectivity index (χ3v) is 8.03. The first kappa shape index (κ1) is 13.8. The Labute approximate surface area is 133 Å². The van der Waals surface area contributed by atoms with Crippen molar-refractivity contribution in [2.24, 2.45) is 0 Å². The van der Waals surface area contributed by atoms with Crippen LogP contribution in [-0.2, 0) is 0 Å². The molecule has 0 aliphatic heterocycles. The summed E-state index contributed by atoms with van der Waals surface area (Å²) < 4.78 is 0. The maximum atomic E-state index is 2.22. The van der Waals surface area contributed by atoms with Gasteiger partial charge in [-0.3, -0.25) is 0 Å². The number of hydrogen-bond acceptors (Lipinski definition) is 5. The fraction of sp³-hybridized carbons (Fsp3) is 0.143. The summed E-state index contributed by atoms with van der Waals surface area (Å²) in [6.45, 7) is 0. The Morgan fingerprint density at radius 3 is 1.58 bits per heavy atom. The van der Waals surface area contributed by atoms with Gasteiger partial charge in [0.1, 0.15) is 0 Å². The number of hydrogen-bond donors (Lipinski definition) is 0. The largest absolute Gasteiger partial charge is 0.143 e. The van der Waals surface area contributed by atoms with Crippen molar-refractivity contribution in [3.05, 3.63) is 35.0 Å². The van der Waals surface area contributed by atoms with E-state index in [0.29, 0.717) is 0 Å². The molecular formula is C14H12S5. The second-order valence-electron chi connectivity index (χ2n) is 3.78. The molecule has 0 aromatic carbocycles. The highest BCUT2D eigenvalue weighted by molar-refractivity contribution is 8.02. The Hall–Kier alpha value is -0.200. The van der Waals surface area contributed by atoms with Crippen molar-refractivity contribution in [2.75, 3.05) is 12.5 Å². The Morgan fingerprint density at radius 1 is 0.789 bits per heavy atom. The number of thiophene rings is 3. The van der Waals surface area contributed by atoms with Crippen LogP contribution in [0.5, 0.6) is 0 Å². The van der Waals surface area contributed by atoms with E-state index < -0.39 is 0 Å². The summed E-state index contributed by atoms with van der Waals surface area (Å²) in [5, 5.41) is 4.31. The predicted octanol–water partition coefficient (Wildman–Crippen LogP) is 6.65. The van der Waals surface area contributed by atoms with Gasteiger partial charge in [0.25, 0.3) is 0 Å². The topological polar surface area (TPSA) is 0 Å². The molecule has 19 heavy (non-hydrogen) atoms. The molecule has 98 valence electrons. The molecular weight excluding hydrogens is 328 g/mol. The first-order valence-corrected chi connectivity index (χ1v) is 10.7. The summed E-state index contributed by atoms with van der Waals surface area (Å²) in [4.78, 5) is 8.48. The fourth-order valence-corrected chi connectivity index (χ4v) is 7.40. The molecule has 0 unspecified atom stereocenters. The van der Waals surface area contributed by atoms with Crippen molar-refractivity contribution in [1.82, 2.24) is 0 Å². The van der Waals surface area contributed by atoms with Crippen LogP contribution >= 0.6 is 57.5 Å². The lowest BCUT2D eigenvalue weighted by Gasteiger charge is -2.01. The van der Waals surface area contributed by atoms with Crippen LogP contribution in [0.3, 0.4) is 0 Å². The van der Waals surface area contributed by atoms with Crippen LogP contribution in [-0.4, -0.2) is 12.5 Å². The van der Waals surface area contributed by atoms with E-state index in [2.05, 4.69) is 47.5 Å². The van der Waals surface area contributed by atoms with Crippen molar-refractivity contribution >= 4 is 57.5 Å². The highest BCUT2D eigenvalue weighted by Gasteiger charge is 2.20. The molecule has 3 heterocycles. The summed E-state index contributed by atoms with van der Waals surface area (Å²) in [7, 11) is 0. The van der Waals surface area contributed by atoms with Crippen molar-refractivity contribution in [3.8, 4) is 19.5 Å². The molecule has 0 nitrogen and oxygen atoms in total. The standard InChI is InChI=1S/C14H12S5/c1-15-13-11(9-5-3-7-17-9)19-12(14(13)16-2)10-6-4-8-18-10/h3-8H,1-2H3. The lowest BCUT2D eigenvalue weighted by atomic mass is 10.3. The Balaban J connectivity index is 2.21. The Bertz CT molecular complexity index is 590. The average molecular weight is 341 g/mol. The predicted molar refractivity (Wildman–Crippen MR) is 94.5 cm³/mol. The van der Waals surface area contributed by atoms with Gasteiger partial charge >= 0.3 is 0 Å². The van der Waals surface area contributed by atoms with Gasteiger partial charge in [-0.05, 0) is 35.4 Å². The molecule has 0 atom stereocenters. The molecule has 0 aliphatic carbocycles. The van der Waals surface area contributed by atoms with Crippen molar-refractivity contribution in [1.29, 1.82) is 0 Å². The maximum absolute atomic E-state index is 2.22. The van der Waals surface area contributed by atoms with Crippen LogP contribution in [0.15, 0.2) is 44.8 Å². The monoisotopic (exact) mass is 340 g/mol. The van der Waals surface area contributed by atoms with E-state index in [1.807, 2.05) is 57.5 Å². The quantitative estimate of drug-likeness (QED) is 0.488. The van der Waals surface area contributed by atoms with Crippen LogP contribution in [0.4, 0.5) is 0 Å². The van der Waals surface area contributed by atoms with E-state index in [4.69, 9.17) is 0 Å². The van der Waals surface area contributed by atoms with E-state index in [1.54, 1.807) is 0 Å². The van der Waals surface area contributed by atoms with Crippen LogP contribution in [0, 0.1) is 0 Å². The van der Waals surface area contributed by atoms with Crippen molar-refractivity contribution in [2.45, 2.75) is 9.79 Å². The van der Waals surface area contributed by atoms with Crippen LogP contribution < -0.4 is 0 Å². The molecule has 5 heteroatoms. The zero-order valence-corrected chi connectivity index (χ0v) is 14.6. The normalized spacial score (nSPS) is 11.1. The zero-order chi connectivity index (χ0) is 13.2. The minimum Gasteiger partial charge on any atom is -0.143 e. The van der Waals surface area contributed by atoms with Gasteiger partial charge in [0.05, 0.1) is 9.75 Å². The summed E-state index contributed by atoms with van der Waals surface area (Å²) in [5.74, 6) is 0. The molecule has 0 saturated heterocycles. The van der Waals surface area contributed by atoms with E-state index in [-0.39, 0.29) is 0 Å². The highest BCUT2D eigenvalue weighted by atomic mass is 32.2. The van der Waals surface area contributed by atoms with Gasteiger partial charge in [0, 0.05) is 19.5 Å². The van der Waals surface area contributed by atoms with Gasteiger partial charge in [-0.15, -0.1) is 57.5 Å². The molecule has 0 radical (unpaired) electrons. The van der Waals surface area contributed by atoms with Gasteiger partial charge in [-0.25, -0.2) is 0 Å². The molecule has 0 fully saturated rings. The van der Waals surface area contributed by atoms with Gasteiger partial charge in [-0.1, -0.05) is 12.1 Å². The van der Waals surface area contributed by atoms with Crippen LogP contribution in [0.25, 0.3) is 19.5 Å². The highest BCUT2D eigenvalue weighted by Crippen LogP contribution is 2.51. The second-order valence-corrected chi connectivity index (χ2v) is 8.33. The minimum atomic E-state index is 1.38. The number of thioether (sulfide) groups is 2. The third kappa shape index (κ3) is 2.54.